The van der Waals surface area contributed by atoms with Crippen molar-refractivity contribution in [1.29, 1.82) is 0 Å². The van der Waals surface area contributed by atoms with E-state index < -0.39 is 0 Å². The molecule has 1 fully saturated rings. The summed E-state index contributed by atoms with van der Waals surface area (Å²) in [5.74, 6) is 0.303. The molecule has 2 aromatic rings. The fourth-order valence-electron chi connectivity index (χ4n) is 4.77. The quantitative estimate of drug-likeness (QED) is 0.662. The second-order valence-corrected chi connectivity index (χ2v) is 8.70. The maximum Gasteiger partial charge on any atom is 0.338 e. The lowest BCUT2D eigenvalue weighted by molar-refractivity contribution is -0.121. The predicted octanol–water partition coefficient (Wildman–Crippen LogP) is 4.33. The molecule has 1 aliphatic carbocycles. The van der Waals surface area contributed by atoms with E-state index in [2.05, 4.69) is 5.32 Å². The van der Waals surface area contributed by atoms with Crippen molar-refractivity contribution in [3.63, 3.8) is 0 Å². The van der Waals surface area contributed by atoms with Crippen LogP contribution in [-0.2, 0) is 16.1 Å². The highest BCUT2D eigenvalue weighted by molar-refractivity contribution is 6.00. The van der Waals surface area contributed by atoms with Crippen LogP contribution >= 0.6 is 0 Å². The number of aryl methyl sites for hydroxylation is 1. The minimum atomic E-state index is -0.371. The van der Waals surface area contributed by atoms with Crippen molar-refractivity contribution in [2.75, 3.05) is 19.0 Å². The molecular formula is C26H30N2O5. The zero-order valence-electron chi connectivity index (χ0n) is 19.3. The van der Waals surface area contributed by atoms with Crippen molar-refractivity contribution in [2.24, 2.45) is 5.92 Å². The number of fused-ring (bicyclic) bond motifs is 1. The third-order valence-corrected chi connectivity index (χ3v) is 6.63. The molecule has 0 radical (unpaired) electrons. The molecule has 2 aliphatic rings. The van der Waals surface area contributed by atoms with Gasteiger partial charge in [-0.3, -0.25) is 9.59 Å². The number of anilines is 1. The molecular weight excluding hydrogens is 420 g/mol. The van der Waals surface area contributed by atoms with Crippen LogP contribution in [0.1, 0.15) is 64.4 Å². The van der Waals surface area contributed by atoms with Gasteiger partial charge in [-0.15, -0.1) is 0 Å². The number of esters is 1. The number of methoxy groups -OCH3 is 1. The first kappa shape index (κ1) is 22.8. The molecule has 174 valence electrons. The minimum absolute atomic E-state index is 0.0000563. The van der Waals surface area contributed by atoms with Crippen LogP contribution in [0.4, 0.5) is 5.69 Å². The largest absolute Gasteiger partial charge is 0.496 e. The summed E-state index contributed by atoms with van der Waals surface area (Å²) < 4.78 is 10.4. The van der Waals surface area contributed by atoms with Crippen LogP contribution in [0.25, 0.3) is 0 Å². The third-order valence-electron chi connectivity index (χ3n) is 6.63. The second-order valence-electron chi connectivity index (χ2n) is 8.70. The Morgan fingerprint density at radius 3 is 2.55 bits per heavy atom. The number of benzene rings is 2. The summed E-state index contributed by atoms with van der Waals surface area (Å²) in [4.78, 5) is 39.7. The number of nitrogens with zero attached hydrogens (tertiary/aromatic N) is 1. The fourth-order valence-corrected chi connectivity index (χ4v) is 4.77. The summed E-state index contributed by atoms with van der Waals surface area (Å²) in [6.07, 6.45) is 3.01. The molecule has 2 aromatic carbocycles. The van der Waals surface area contributed by atoms with E-state index >= 15 is 0 Å². The Hall–Kier alpha value is -3.35. The van der Waals surface area contributed by atoms with Crippen molar-refractivity contribution >= 4 is 23.5 Å². The fraction of sp³-hybridized carbons (Fsp3) is 0.423. The van der Waals surface area contributed by atoms with Crippen molar-refractivity contribution in [2.45, 2.75) is 52.1 Å². The number of hydrogen-bond acceptors (Lipinski definition) is 5. The highest BCUT2D eigenvalue weighted by atomic mass is 16.5. The zero-order valence-corrected chi connectivity index (χ0v) is 19.3. The molecule has 0 saturated heterocycles. The van der Waals surface area contributed by atoms with Gasteiger partial charge in [0.15, 0.2) is 0 Å². The summed E-state index contributed by atoms with van der Waals surface area (Å²) in [6, 6.07) is 10.9. The lowest BCUT2D eigenvalue weighted by Gasteiger charge is -2.34. The van der Waals surface area contributed by atoms with Crippen LogP contribution in [0, 0.1) is 12.8 Å². The van der Waals surface area contributed by atoms with Crippen molar-refractivity contribution < 1.29 is 23.9 Å². The van der Waals surface area contributed by atoms with Gasteiger partial charge in [-0.25, -0.2) is 4.79 Å². The normalized spacial score (nSPS) is 19.7. The molecule has 1 heterocycles. The minimum Gasteiger partial charge on any atom is -0.496 e. The summed E-state index contributed by atoms with van der Waals surface area (Å²) >= 11 is 0. The second kappa shape index (κ2) is 9.65. The topological polar surface area (TPSA) is 84.9 Å². The maximum atomic E-state index is 13.0. The molecule has 7 heteroatoms. The van der Waals surface area contributed by atoms with Crippen LogP contribution in [0.5, 0.6) is 5.75 Å². The number of hydrogen-bond donors (Lipinski definition) is 1. The molecule has 0 spiro atoms. The van der Waals surface area contributed by atoms with E-state index in [0.717, 1.165) is 48.2 Å². The SMILES string of the molecule is CCOC(=O)c1ccc2c(c1)CN(C1CCC(C(=O)Nc3ccc(C)c(OC)c3)CC1)C2=O. The number of carbonyl (C=O) groups excluding carboxylic acids is 3. The van der Waals surface area contributed by atoms with Gasteiger partial charge in [-0.2, -0.15) is 0 Å². The molecule has 33 heavy (non-hydrogen) atoms. The molecule has 2 amide bonds. The molecule has 0 atom stereocenters. The third kappa shape index (κ3) is 4.72. The molecule has 0 bridgehead atoms. The van der Waals surface area contributed by atoms with Gasteiger partial charge in [0, 0.05) is 35.8 Å². The zero-order chi connectivity index (χ0) is 23.5. The first-order valence-corrected chi connectivity index (χ1v) is 11.5. The molecule has 4 rings (SSSR count). The van der Waals surface area contributed by atoms with Gasteiger partial charge in [-0.05, 0) is 74.9 Å². The summed E-state index contributed by atoms with van der Waals surface area (Å²) in [5.41, 5.74) is 3.72. The summed E-state index contributed by atoms with van der Waals surface area (Å²) in [7, 11) is 1.62. The smallest absolute Gasteiger partial charge is 0.338 e. The van der Waals surface area contributed by atoms with Gasteiger partial charge in [0.25, 0.3) is 5.91 Å². The number of rotatable bonds is 6. The Bertz CT molecular complexity index is 1070. The van der Waals surface area contributed by atoms with Gasteiger partial charge < -0.3 is 19.7 Å². The first-order valence-electron chi connectivity index (χ1n) is 11.5. The summed E-state index contributed by atoms with van der Waals surface area (Å²) in [6.45, 7) is 4.54. The molecule has 0 aromatic heterocycles. The van der Waals surface area contributed by atoms with E-state index in [1.807, 2.05) is 30.0 Å². The lowest BCUT2D eigenvalue weighted by atomic mass is 9.84. The predicted molar refractivity (Wildman–Crippen MR) is 124 cm³/mol. The van der Waals surface area contributed by atoms with E-state index in [9.17, 15) is 14.4 Å². The van der Waals surface area contributed by atoms with Crippen molar-refractivity contribution in [1.82, 2.24) is 4.90 Å². The molecule has 1 saturated carbocycles. The highest BCUT2D eigenvalue weighted by Gasteiger charge is 2.36. The maximum absolute atomic E-state index is 13.0. The van der Waals surface area contributed by atoms with E-state index in [0.29, 0.717) is 24.3 Å². The average Bonchev–Trinajstić information content (AvgIpc) is 3.16. The van der Waals surface area contributed by atoms with Crippen LogP contribution in [0.15, 0.2) is 36.4 Å². The number of ether oxygens (including phenoxy) is 2. The number of amides is 2. The number of carbonyl (C=O) groups is 3. The molecule has 0 unspecified atom stereocenters. The lowest BCUT2D eigenvalue weighted by Crippen LogP contribution is -2.40. The van der Waals surface area contributed by atoms with Crippen LogP contribution in [-0.4, -0.2) is 42.4 Å². The average molecular weight is 451 g/mol. The first-order chi connectivity index (χ1) is 15.9. The van der Waals surface area contributed by atoms with Gasteiger partial charge in [0.05, 0.1) is 19.3 Å². The van der Waals surface area contributed by atoms with Crippen LogP contribution < -0.4 is 10.1 Å². The van der Waals surface area contributed by atoms with E-state index in [4.69, 9.17) is 9.47 Å². The van der Waals surface area contributed by atoms with Gasteiger partial charge in [0.2, 0.25) is 5.91 Å². The standard InChI is InChI=1S/C26H30N2O5/c1-4-33-26(31)18-8-12-22-19(13-18)15-28(25(22)30)21-10-6-17(7-11-21)24(29)27-20-9-5-16(2)23(14-20)32-3/h5,8-9,12-14,17,21H,4,6-7,10-11,15H2,1-3H3,(H,27,29). The van der Waals surface area contributed by atoms with E-state index in [-0.39, 0.29) is 29.7 Å². The van der Waals surface area contributed by atoms with Crippen molar-refractivity contribution in [3.05, 3.63) is 58.7 Å². The van der Waals surface area contributed by atoms with Gasteiger partial charge >= 0.3 is 5.97 Å². The van der Waals surface area contributed by atoms with Crippen molar-refractivity contribution in [3.8, 4) is 5.75 Å². The van der Waals surface area contributed by atoms with E-state index in [1.54, 1.807) is 32.2 Å². The Morgan fingerprint density at radius 2 is 1.85 bits per heavy atom. The van der Waals surface area contributed by atoms with Crippen LogP contribution in [0.2, 0.25) is 0 Å². The highest BCUT2D eigenvalue weighted by Crippen LogP contribution is 2.34. The monoisotopic (exact) mass is 450 g/mol. The summed E-state index contributed by atoms with van der Waals surface area (Å²) in [5, 5.41) is 3.00. The Balaban J connectivity index is 1.35. The molecule has 7 nitrogen and oxygen atoms in total. The Morgan fingerprint density at radius 1 is 1.09 bits per heavy atom. The molecule has 1 aliphatic heterocycles. The molecule has 1 N–H and O–H groups in total. The van der Waals surface area contributed by atoms with E-state index in [1.165, 1.54) is 0 Å². The Kier molecular flexibility index (Phi) is 6.67. The van der Waals surface area contributed by atoms with Gasteiger partial charge in [0.1, 0.15) is 5.75 Å². The van der Waals surface area contributed by atoms with Crippen LogP contribution in [0.3, 0.4) is 0 Å². The Labute approximate surface area is 194 Å². The van der Waals surface area contributed by atoms with Gasteiger partial charge in [-0.1, -0.05) is 6.07 Å². The number of nitrogens with one attached hydrogen (secondary N) is 1.